The van der Waals surface area contributed by atoms with Gasteiger partial charge >= 0.3 is 0 Å². The van der Waals surface area contributed by atoms with Crippen molar-refractivity contribution in [1.29, 1.82) is 0 Å². The average Bonchev–Trinajstić information content (AvgIpc) is 2.90. The summed E-state index contributed by atoms with van der Waals surface area (Å²) in [6.45, 7) is 3.45. The van der Waals surface area contributed by atoms with Crippen LogP contribution in [-0.4, -0.2) is 36.2 Å². The topological polar surface area (TPSA) is 35.5 Å². The van der Waals surface area contributed by atoms with E-state index in [9.17, 15) is 9.50 Å². The highest BCUT2D eigenvalue weighted by Crippen LogP contribution is 2.39. The van der Waals surface area contributed by atoms with Crippen molar-refractivity contribution in [3.63, 3.8) is 0 Å². The van der Waals surface area contributed by atoms with Gasteiger partial charge in [0.15, 0.2) is 0 Å². The van der Waals surface area contributed by atoms with Crippen LogP contribution >= 0.6 is 35.3 Å². The SMILES string of the molecule is Cl.Oc1ccc(F)cc1[C@@H](c1ccc(Cl)s1)N1CCNCC1. The van der Waals surface area contributed by atoms with Crippen molar-refractivity contribution >= 4 is 35.3 Å². The molecular weight excluding hydrogens is 346 g/mol. The molecule has 0 bridgehead atoms. The Hall–Kier alpha value is -0.850. The highest BCUT2D eigenvalue weighted by Gasteiger charge is 2.27. The number of aromatic hydroxyl groups is 1. The summed E-state index contributed by atoms with van der Waals surface area (Å²) >= 11 is 7.52. The van der Waals surface area contributed by atoms with Crippen molar-refractivity contribution < 1.29 is 9.50 Å². The molecule has 2 aromatic rings. The Labute approximate surface area is 144 Å². The lowest BCUT2D eigenvalue weighted by Crippen LogP contribution is -2.45. The number of nitrogens with one attached hydrogen (secondary N) is 1. The Balaban J connectivity index is 0.00000176. The van der Waals surface area contributed by atoms with Crippen LogP contribution in [0.1, 0.15) is 16.5 Å². The number of benzene rings is 1. The van der Waals surface area contributed by atoms with E-state index in [-0.39, 0.29) is 30.0 Å². The number of hydrogen-bond donors (Lipinski definition) is 2. The highest BCUT2D eigenvalue weighted by atomic mass is 35.5. The fraction of sp³-hybridized carbons (Fsp3) is 0.333. The summed E-state index contributed by atoms with van der Waals surface area (Å²) in [4.78, 5) is 3.26. The maximum absolute atomic E-state index is 13.6. The molecule has 0 aliphatic carbocycles. The van der Waals surface area contributed by atoms with E-state index in [2.05, 4.69) is 10.2 Å². The van der Waals surface area contributed by atoms with E-state index in [1.54, 1.807) is 0 Å². The minimum atomic E-state index is -0.342. The van der Waals surface area contributed by atoms with E-state index in [0.29, 0.717) is 9.90 Å². The molecule has 22 heavy (non-hydrogen) atoms. The number of phenols is 1. The molecule has 1 aliphatic heterocycles. The molecule has 0 radical (unpaired) electrons. The first-order chi connectivity index (χ1) is 10.1. The minimum absolute atomic E-state index is 0. The zero-order valence-electron chi connectivity index (χ0n) is 11.8. The van der Waals surface area contributed by atoms with Gasteiger partial charge in [-0.2, -0.15) is 0 Å². The molecule has 1 atom stereocenters. The van der Waals surface area contributed by atoms with Crippen LogP contribution in [0, 0.1) is 5.82 Å². The fourth-order valence-electron chi connectivity index (χ4n) is 2.69. The van der Waals surface area contributed by atoms with Gasteiger partial charge in [-0.15, -0.1) is 23.7 Å². The monoisotopic (exact) mass is 362 g/mol. The molecule has 1 aromatic heterocycles. The van der Waals surface area contributed by atoms with Gasteiger partial charge in [0.25, 0.3) is 0 Å². The van der Waals surface area contributed by atoms with E-state index in [4.69, 9.17) is 11.6 Å². The van der Waals surface area contributed by atoms with Crippen LogP contribution in [0.5, 0.6) is 5.75 Å². The van der Waals surface area contributed by atoms with E-state index in [1.807, 2.05) is 12.1 Å². The largest absolute Gasteiger partial charge is 0.508 e. The highest BCUT2D eigenvalue weighted by molar-refractivity contribution is 7.16. The lowest BCUT2D eigenvalue weighted by Gasteiger charge is -2.35. The zero-order valence-corrected chi connectivity index (χ0v) is 14.1. The van der Waals surface area contributed by atoms with Gasteiger partial charge in [-0.3, -0.25) is 4.90 Å². The van der Waals surface area contributed by atoms with Crippen LogP contribution in [0.4, 0.5) is 4.39 Å². The van der Waals surface area contributed by atoms with Crippen molar-refractivity contribution in [3.05, 3.63) is 50.9 Å². The van der Waals surface area contributed by atoms with E-state index < -0.39 is 0 Å². The molecule has 3 nitrogen and oxygen atoms in total. The second-order valence-electron chi connectivity index (χ2n) is 5.03. The third-order valence-corrected chi connectivity index (χ3v) is 4.95. The molecule has 0 amide bonds. The quantitative estimate of drug-likeness (QED) is 0.874. The molecule has 3 rings (SSSR count). The van der Waals surface area contributed by atoms with Crippen molar-refractivity contribution in [2.75, 3.05) is 26.2 Å². The van der Waals surface area contributed by atoms with Crippen molar-refractivity contribution in [2.45, 2.75) is 6.04 Å². The molecule has 120 valence electrons. The molecule has 1 saturated heterocycles. The number of phenolic OH excluding ortho intramolecular Hbond substituents is 1. The number of nitrogens with zero attached hydrogens (tertiary/aromatic N) is 1. The number of rotatable bonds is 3. The summed E-state index contributed by atoms with van der Waals surface area (Å²) < 4.78 is 14.3. The summed E-state index contributed by atoms with van der Waals surface area (Å²) in [5.74, 6) is -0.227. The lowest BCUT2D eigenvalue weighted by atomic mass is 10.0. The first-order valence-electron chi connectivity index (χ1n) is 6.83. The first-order valence-corrected chi connectivity index (χ1v) is 8.03. The molecule has 7 heteroatoms. The Morgan fingerprint density at radius 1 is 1.23 bits per heavy atom. The van der Waals surface area contributed by atoms with Gasteiger partial charge in [0.05, 0.1) is 10.4 Å². The minimum Gasteiger partial charge on any atom is -0.508 e. The number of halogens is 3. The summed E-state index contributed by atoms with van der Waals surface area (Å²) in [7, 11) is 0. The standard InChI is InChI=1S/C15H16ClFN2OS.ClH/c16-14-4-3-13(21-14)15(19-7-5-18-6-8-19)11-9-10(17)1-2-12(11)20;/h1-4,9,15,18,20H,5-8H2;1H/t15-;/m0./s1. The van der Waals surface area contributed by atoms with Crippen LogP contribution in [0.15, 0.2) is 30.3 Å². The van der Waals surface area contributed by atoms with Gasteiger partial charge < -0.3 is 10.4 Å². The normalized spacial score (nSPS) is 17.0. The summed E-state index contributed by atoms with van der Waals surface area (Å²) in [6, 6.07) is 7.72. The maximum Gasteiger partial charge on any atom is 0.123 e. The van der Waals surface area contributed by atoms with Crippen molar-refractivity contribution in [2.24, 2.45) is 0 Å². The van der Waals surface area contributed by atoms with Crippen LogP contribution in [0.25, 0.3) is 0 Å². The van der Waals surface area contributed by atoms with Gasteiger partial charge in [-0.1, -0.05) is 11.6 Å². The third kappa shape index (κ3) is 3.73. The summed E-state index contributed by atoms with van der Waals surface area (Å²) in [6.07, 6.45) is 0. The van der Waals surface area contributed by atoms with E-state index >= 15 is 0 Å². The Morgan fingerprint density at radius 3 is 2.59 bits per heavy atom. The number of thiophene rings is 1. The maximum atomic E-state index is 13.6. The summed E-state index contributed by atoms with van der Waals surface area (Å²) in [5, 5.41) is 13.5. The molecule has 0 unspecified atom stereocenters. The van der Waals surface area contributed by atoms with Crippen LogP contribution < -0.4 is 5.32 Å². The van der Waals surface area contributed by atoms with Crippen LogP contribution in [0.3, 0.4) is 0 Å². The fourth-order valence-corrected chi connectivity index (χ4v) is 3.91. The van der Waals surface area contributed by atoms with Gasteiger partial charge in [0, 0.05) is 36.6 Å². The third-order valence-electron chi connectivity index (χ3n) is 3.66. The Bertz CT molecular complexity index is 632. The lowest BCUT2D eigenvalue weighted by molar-refractivity contribution is 0.197. The molecule has 2 N–H and O–H groups in total. The Kier molecular flexibility index (Phi) is 6.06. The molecule has 1 fully saturated rings. The van der Waals surface area contributed by atoms with Crippen LogP contribution in [0.2, 0.25) is 4.34 Å². The van der Waals surface area contributed by atoms with E-state index in [1.165, 1.54) is 29.5 Å². The molecule has 1 aliphatic rings. The Morgan fingerprint density at radius 2 is 1.95 bits per heavy atom. The van der Waals surface area contributed by atoms with Crippen LogP contribution in [-0.2, 0) is 0 Å². The van der Waals surface area contributed by atoms with E-state index in [0.717, 1.165) is 31.1 Å². The van der Waals surface area contributed by atoms with Crippen molar-refractivity contribution in [1.82, 2.24) is 10.2 Å². The average molecular weight is 363 g/mol. The zero-order chi connectivity index (χ0) is 14.8. The molecular formula is C15H17Cl2FN2OS. The number of piperazine rings is 1. The van der Waals surface area contributed by atoms with Crippen molar-refractivity contribution in [3.8, 4) is 5.75 Å². The molecule has 2 heterocycles. The van der Waals surface area contributed by atoms with Gasteiger partial charge in [0.2, 0.25) is 0 Å². The first kappa shape index (κ1) is 17.5. The van der Waals surface area contributed by atoms with Gasteiger partial charge in [-0.25, -0.2) is 4.39 Å². The predicted octanol–water partition coefficient (Wildman–Crippen LogP) is 3.66. The molecule has 1 aromatic carbocycles. The second-order valence-corrected chi connectivity index (χ2v) is 6.78. The predicted molar refractivity (Wildman–Crippen MR) is 90.9 cm³/mol. The molecule has 0 spiro atoms. The van der Waals surface area contributed by atoms with Gasteiger partial charge in [0.1, 0.15) is 11.6 Å². The number of hydrogen-bond acceptors (Lipinski definition) is 4. The second kappa shape index (κ2) is 7.62. The van der Waals surface area contributed by atoms with Gasteiger partial charge in [-0.05, 0) is 30.3 Å². The molecule has 0 saturated carbocycles. The smallest absolute Gasteiger partial charge is 0.123 e. The summed E-state index contributed by atoms with van der Waals surface area (Å²) in [5.41, 5.74) is 0.593.